The van der Waals surface area contributed by atoms with Crippen molar-refractivity contribution in [3.8, 4) is 0 Å². The maximum atomic E-state index is 13.1. The number of nitrogens with zero attached hydrogens (tertiary/aromatic N) is 1. The third-order valence-electron chi connectivity index (χ3n) is 4.17. The Bertz CT molecular complexity index is 899. The molecule has 6 heteroatoms. The van der Waals surface area contributed by atoms with E-state index in [0.29, 0.717) is 0 Å². The van der Waals surface area contributed by atoms with Gasteiger partial charge in [0.05, 0.1) is 12.0 Å². The van der Waals surface area contributed by atoms with Crippen molar-refractivity contribution in [2.45, 2.75) is 19.1 Å². The Kier molecular flexibility index (Phi) is 4.53. The minimum atomic E-state index is -4.43. The lowest BCUT2D eigenvalue weighted by molar-refractivity contribution is -0.139. The number of amides is 1. The summed E-state index contributed by atoms with van der Waals surface area (Å²) in [5.74, 6) is -0.235. The second-order valence-corrected chi connectivity index (χ2v) is 5.94. The van der Waals surface area contributed by atoms with E-state index < -0.39 is 11.7 Å². The number of aromatic nitrogens is 1. The van der Waals surface area contributed by atoms with Crippen LogP contribution in [0.5, 0.6) is 0 Å². The Balaban J connectivity index is 1.76. The minimum absolute atomic E-state index is 0.0864. The van der Waals surface area contributed by atoms with Crippen molar-refractivity contribution in [3.05, 3.63) is 71.4 Å². The number of likely N-dealkylation sites (N-methyl/N-ethyl adjacent to an activating group) is 1. The van der Waals surface area contributed by atoms with Crippen LogP contribution in [-0.4, -0.2) is 22.8 Å². The number of para-hydroxylation sites is 1. The molecule has 3 aromatic rings. The number of rotatable bonds is 4. The zero-order chi connectivity index (χ0) is 18.0. The summed E-state index contributed by atoms with van der Waals surface area (Å²) < 4.78 is 39.2. The number of benzene rings is 2. The molecule has 130 valence electrons. The number of alkyl halides is 3. The SMILES string of the molecule is CN(Cc1ccccc1C(F)(F)F)C(=O)Cc1c[nH]c2ccccc12. The molecule has 0 aliphatic carbocycles. The van der Waals surface area contributed by atoms with E-state index in [0.717, 1.165) is 22.5 Å². The number of carbonyl (C=O) groups excluding carboxylic acids is 1. The fraction of sp³-hybridized carbons (Fsp3) is 0.211. The predicted molar refractivity (Wildman–Crippen MR) is 89.9 cm³/mol. The first-order valence-corrected chi connectivity index (χ1v) is 7.80. The quantitative estimate of drug-likeness (QED) is 0.747. The Morgan fingerprint density at radius 3 is 2.48 bits per heavy atom. The van der Waals surface area contributed by atoms with Crippen LogP contribution in [0.2, 0.25) is 0 Å². The molecule has 1 heterocycles. The molecular formula is C19H17F3N2O. The molecule has 0 saturated heterocycles. The van der Waals surface area contributed by atoms with Crippen LogP contribution in [-0.2, 0) is 23.9 Å². The van der Waals surface area contributed by atoms with Gasteiger partial charge in [0.2, 0.25) is 5.91 Å². The van der Waals surface area contributed by atoms with Crippen molar-refractivity contribution < 1.29 is 18.0 Å². The summed E-state index contributed by atoms with van der Waals surface area (Å²) in [5, 5.41) is 0.944. The van der Waals surface area contributed by atoms with Gasteiger partial charge in [-0.05, 0) is 23.3 Å². The molecular weight excluding hydrogens is 329 g/mol. The average molecular weight is 346 g/mol. The van der Waals surface area contributed by atoms with Crippen LogP contribution in [0.4, 0.5) is 13.2 Å². The van der Waals surface area contributed by atoms with E-state index >= 15 is 0 Å². The molecule has 0 radical (unpaired) electrons. The number of carbonyl (C=O) groups is 1. The van der Waals surface area contributed by atoms with Gasteiger partial charge in [0.1, 0.15) is 0 Å². The largest absolute Gasteiger partial charge is 0.416 e. The van der Waals surface area contributed by atoms with Crippen molar-refractivity contribution in [1.82, 2.24) is 9.88 Å². The monoisotopic (exact) mass is 346 g/mol. The summed E-state index contributed by atoms with van der Waals surface area (Å²) >= 11 is 0. The summed E-state index contributed by atoms with van der Waals surface area (Å²) in [6, 6.07) is 12.9. The lowest BCUT2D eigenvalue weighted by atomic mass is 10.1. The number of aromatic amines is 1. The van der Waals surface area contributed by atoms with E-state index in [1.807, 2.05) is 24.3 Å². The van der Waals surface area contributed by atoms with Gasteiger partial charge in [0.15, 0.2) is 0 Å². The number of fused-ring (bicyclic) bond motifs is 1. The van der Waals surface area contributed by atoms with Gasteiger partial charge in [-0.3, -0.25) is 4.79 Å². The molecule has 0 aliphatic rings. The first kappa shape index (κ1) is 17.1. The van der Waals surface area contributed by atoms with Gasteiger partial charge >= 0.3 is 6.18 Å². The molecule has 0 saturated carbocycles. The molecule has 0 atom stereocenters. The minimum Gasteiger partial charge on any atom is -0.361 e. The number of H-pyrrole nitrogens is 1. The zero-order valence-electron chi connectivity index (χ0n) is 13.6. The van der Waals surface area contributed by atoms with E-state index in [2.05, 4.69) is 4.98 Å². The Labute approximate surface area is 143 Å². The zero-order valence-corrected chi connectivity index (χ0v) is 13.6. The van der Waals surface area contributed by atoms with Crippen molar-refractivity contribution in [2.24, 2.45) is 0 Å². The van der Waals surface area contributed by atoms with E-state index in [9.17, 15) is 18.0 Å². The molecule has 0 fully saturated rings. The molecule has 0 unspecified atom stereocenters. The maximum Gasteiger partial charge on any atom is 0.416 e. The van der Waals surface area contributed by atoms with Gasteiger partial charge in [0, 0.05) is 30.7 Å². The number of hydrogen-bond donors (Lipinski definition) is 1. The summed E-state index contributed by atoms with van der Waals surface area (Å²) in [6.45, 7) is -0.0864. The molecule has 2 aromatic carbocycles. The highest BCUT2D eigenvalue weighted by Crippen LogP contribution is 2.32. The van der Waals surface area contributed by atoms with E-state index in [1.165, 1.54) is 24.1 Å². The van der Waals surface area contributed by atoms with Gasteiger partial charge in [-0.2, -0.15) is 13.2 Å². The van der Waals surface area contributed by atoms with Crippen LogP contribution in [0.3, 0.4) is 0 Å². The molecule has 1 amide bonds. The van der Waals surface area contributed by atoms with E-state index in [4.69, 9.17) is 0 Å². The molecule has 25 heavy (non-hydrogen) atoms. The first-order valence-electron chi connectivity index (χ1n) is 7.80. The summed E-state index contributed by atoms with van der Waals surface area (Å²) in [5.41, 5.74) is 1.14. The standard InChI is InChI=1S/C19H17F3N2O/c1-24(12-13-6-2-4-8-16(13)19(20,21)22)18(25)10-14-11-23-17-9-5-3-7-15(14)17/h2-9,11,23H,10,12H2,1H3. The molecule has 1 N–H and O–H groups in total. The molecule has 0 aliphatic heterocycles. The number of hydrogen-bond acceptors (Lipinski definition) is 1. The molecule has 3 rings (SSSR count). The third-order valence-corrected chi connectivity index (χ3v) is 4.17. The van der Waals surface area contributed by atoms with E-state index in [-0.39, 0.29) is 24.4 Å². The maximum absolute atomic E-state index is 13.1. The highest BCUT2D eigenvalue weighted by molar-refractivity contribution is 5.88. The molecule has 3 nitrogen and oxygen atoms in total. The van der Waals surface area contributed by atoms with Crippen LogP contribution in [0, 0.1) is 0 Å². The Hall–Kier alpha value is -2.76. The topological polar surface area (TPSA) is 36.1 Å². The van der Waals surface area contributed by atoms with Crippen LogP contribution in [0.1, 0.15) is 16.7 Å². The average Bonchev–Trinajstić information content (AvgIpc) is 2.97. The third kappa shape index (κ3) is 3.68. The van der Waals surface area contributed by atoms with Crippen molar-refractivity contribution in [1.29, 1.82) is 0 Å². The van der Waals surface area contributed by atoms with Crippen molar-refractivity contribution >= 4 is 16.8 Å². The van der Waals surface area contributed by atoms with Crippen LogP contribution >= 0.6 is 0 Å². The lowest BCUT2D eigenvalue weighted by Crippen LogP contribution is -2.28. The van der Waals surface area contributed by atoms with Crippen molar-refractivity contribution in [2.75, 3.05) is 7.05 Å². The molecule has 1 aromatic heterocycles. The summed E-state index contributed by atoms with van der Waals surface area (Å²) in [6.07, 6.45) is -2.54. The second kappa shape index (κ2) is 6.63. The Morgan fingerprint density at radius 1 is 1.04 bits per heavy atom. The van der Waals surface area contributed by atoms with E-state index in [1.54, 1.807) is 12.3 Å². The van der Waals surface area contributed by atoms with Gasteiger partial charge in [-0.25, -0.2) is 0 Å². The van der Waals surface area contributed by atoms with Gasteiger partial charge in [-0.1, -0.05) is 36.4 Å². The highest BCUT2D eigenvalue weighted by atomic mass is 19.4. The highest BCUT2D eigenvalue weighted by Gasteiger charge is 2.33. The van der Waals surface area contributed by atoms with Gasteiger partial charge < -0.3 is 9.88 Å². The second-order valence-electron chi connectivity index (χ2n) is 5.94. The fourth-order valence-electron chi connectivity index (χ4n) is 2.85. The number of nitrogens with one attached hydrogen (secondary N) is 1. The summed E-state index contributed by atoms with van der Waals surface area (Å²) in [4.78, 5) is 16.9. The molecule has 0 spiro atoms. The van der Waals surface area contributed by atoms with Gasteiger partial charge in [0.25, 0.3) is 0 Å². The first-order chi connectivity index (χ1) is 11.9. The predicted octanol–water partition coefficient (Wildman–Crippen LogP) is 4.39. The van der Waals surface area contributed by atoms with Crippen LogP contribution in [0.25, 0.3) is 10.9 Å². The Morgan fingerprint density at radius 2 is 1.72 bits per heavy atom. The van der Waals surface area contributed by atoms with Crippen molar-refractivity contribution in [3.63, 3.8) is 0 Å². The fourth-order valence-corrected chi connectivity index (χ4v) is 2.85. The van der Waals surface area contributed by atoms with Gasteiger partial charge in [-0.15, -0.1) is 0 Å². The smallest absolute Gasteiger partial charge is 0.361 e. The number of halogens is 3. The van der Waals surface area contributed by atoms with Crippen LogP contribution < -0.4 is 0 Å². The molecule has 0 bridgehead atoms. The summed E-state index contributed by atoms with van der Waals surface area (Å²) in [7, 11) is 1.52. The normalized spacial score (nSPS) is 11.7. The van der Waals surface area contributed by atoms with Crippen LogP contribution in [0.15, 0.2) is 54.7 Å². The lowest BCUT2D eigenvalue weighted by Gasteiger charge is -2.20.